The van der Waals surface area contributed by atoms with Crippen molar-refractivity contribution >= 4 is 7.32 Å². The highest BCUT2D eigenvalue weighted by Gasteiger charge is 2.22. The summed E-state index contributed by atoms with van der Waals surface area (Å²) in [7, 11) is -2.17. The fourth-order valence-electron chi connectivity index (χ4n) is 2.71. The molecule has 30 heavy (non-hydrogen) atoms. The van der Waals surface area contributed by atoms with Crippen LogP contribution in [-0.2, 0) is 14.2 Å². The molecule has 10 heteroatoms. The van der Waals surface area contributed by atoms with Gasteiger partial charge in [0.1, 0.15) is 6.23 Å². The summed E-state index contributed by atoms with van der Waals surface area (Å²) in [6, 6.07) is 0. The molecule has 0 saturated carbocycles. The molecule has 0 spiro atoms. The van der Waals surface area contributed by atoms with Gasteiger partial charge in [-0.3, -0.25) is 4.90 Å². The summed E-state index contributed by atoms with van der Waals surface area (Å²) >= 11 is 0. The average molecular weight is 439 g/mol. The van der Waals surface area contributed by atoms with Crippen LogP contribution in [0.2, 0.25) is 0 Å². The highest BCUT2D eigenvalue weighted by Crippen LogP contribution is 2.13. The molecule has 0 rings (SSSR count). The highest BCUT2D eigenvalue weighted by atomic mass is 16.5. The highest BCUT2D eigenvalue weighted by molar-refractivity contribution is 6.30. The van der Waals surface area contributed by atoms with Crippen molar-refractivity contribution in [2.45, 2.75) is 78.0 Å². The number of nitrogens with zero attached hydrogens (tertiary/aromatic N) is 1. The Morgan fingerprint density at radius 1 is 0.800 bits per heavy atom. The molecule has 0 aliphatic heterocycles. The molecule has 2 atom stereocenters. The Balaban J connectivity index is 0. The average Bonchev–Trinajstić information content (AvgIpc) is 2.71. The zero-order valence-electron chi connectivity index (χ0n) is 19.2. The van der Waals surface area contributed by atoms with Crippen molar-refractivity contribution in [2.24, 2.45) is 0 Å². The fourth-order valence-corrected chi connectivity index (χ4v) is 2.71. The molecule has 0 aromatic heterocycles. The molecule has 0 bridgehead atoms. The largest absolute Gasteiger partial charge is 0.631 e. The van der Waals surface area contributed by atoms with Gasteiger partial charge >= 0.3 is 7.32 Å². The minimum Gasteiger partial charge on any atom is -0.402 e. The first-order chi connectivity index (χ1) is 14.5. The Morgan fingerprint density at radius 2 is 1.43 bits per heavy atom. The minimum absolute atomic E-state index is 0.0141. The second-order valence-corrected chi connectivity index (χ2v) is 7.03. The van der Waals surface area contributed by atoms with Crippen LogP contribution in [0.25, 0.3) is 0 Å². The van der Waals surface area contributed by atoms with Crippen molar-refractivity contribution < 1.29 is 39.5 Å². The molecule has 2 unspecified atom stereocenters. The molecule has 0 aliphatic rings. The van der Waals surface area contributed by atoms with E-state index in [9.17, 15) is 5.11 Å². The number of aliphatic hydroxyl groups excluding tert-OH is 2. The lowest BCUT2D eigenvalue weighted by molar-refractivity contribution is -0.116. The van der Waals surface area contributed by atoms with E-state index in [1.54, 1.807) is 0 Å². The summed E-state index contributed by atoms with van der Waals surface area (Å²) in [6.07, 6.45) is 7.58. The Labute approximate surface area is 183 Å². The molecule has 0 aromatic rings. The molecule has 0 heterocycles. The summed E-state index contributed by atoms with van der Waals surface area (Å²) in [5, 5.41) is 40.1. The van der Waals surface area contributed by atoms with Gasteiger partial charge in [-0.25, -0.2) is 0 Å². The van der Waals surface area contributed by atoms with Gasteiger partial charge in [-0.15, -0.1) is 0 Å². The molecule has 0 amide bonds. The Kier molecular flexibility index (Phi) is 26.5. The molecule has 0 saturated heterocycles. The van der Waals surface area contributed by atoms with Crippen LogP contribution in [0.4, 0.5) is 0 Å². The first kappa shape index (κ1) is 31.9. The van der Waals surface area contributed by atoms with Gasteiger partial charge < -0.3 is 39.5 Å². The van der Waals surface area contributed by atoms with Crippen molar-refractivity contribution in [3.8, 4) is 0 Å². The van der Waals surface area contributed by atoms with Crippen LogP contribution >= 0.6 is 0 Å². The number of hydrogen-bond donors (Lipinski definition) is 5. The van der Waals surface area contributed by atoms with Gasteiger partial charge in [0, 0.05) is 19.7 Å². The molecule has 5 N–H and O–H groups in total. The lowest BCUT2D eigenvalue weighted by atomic mass is 10.1. The van der Waals surface area contributed by atoms with Crippen LogP contribution in [0.3, 0.4) is 0 Å². The van der Waals surface area contributed by atoms with Crippen LogP contribution in [0.15, 0.2) is 0 Å². The van der Waals surface area contributed by atoms with Crippen molar-refractivity contribution in [3.63, 3.8) is 0 Å². The summed E-state index contributed by atoms with van der Waals surface area (Å²) < 4.78 is 17.2. The SMILES string of the molecule is CCCCOC(CCCC)CN(CCCC)C(CO)OCCOCCO.OB(O)O. The lowest BCUT2D eigenvalue weighted by Gasteiger charge is -2.33. The first-order valence-corrected chi connectivity index (χ1v) is 11.3. The Bertz CT molecular complexity index is 326. The van der Waals surface area contributed by atoms with Crippen molar-refractivity contribution in [1.82, 2.24) is 4.90 Å². The van der Waals surface area contributed by atoms with E-state index >= 15 is 0 Å². The molecule has 0 radical (unpaired) electrons. The van der Waals surface area contributed by atoms with E-state index in [-0.39, 0.29) is 25.5 Å². The van der Waals surface area contributed by atoms with Gasteiger partial charge in [0.25, 0.3) is 0 Å². The maximum Gasteiger partial charge on any atom is 0.631 e. The van der Waals surface area contributed by atoms with Gasteiger partial charge in [0.05, 0.1) is 39.1 Å². The molecule has 9 nitrogen and oxygen atoms in total. The third-order valence-electron chi connectivity index (χ3n) is 4.31. The van der Waals surface area contributed by atoms with E-state index < -0.39 is 7.32 Å². The molecule has 0 fully saturated rings. The van der Waals surface area contributed by atoms with E-state index in [0.29, 0.717) is 19.8 Å². The molecule has 0 aromatic carbocycles. The topological polar surface area (TPSA) is 132 Å². The van der Waals surface area contributed by atoms with Crippen molar-refractivity contribution in [1.29, 1.82) is 0 Å². The number of rotatable bonds is 20. The minimum atomic E-state index is -2.17. The predicted octanol–water partition coefficient (Wildman–Crippen LogP) is 0.756. The smallest absolute Gasteiger partial charge is 0.402 e. The van der Waals surface area contributed by atoms with Crippen LogP contribution in [0, 0.1) is 0 Å². The Hall–Kier alpha value is -0.295. The molecular weight excluding hydrogens is 393 g/mol. The quantitative estimate of drug-likeness (QED) is 0.106. The van der Waals surface area contributed by atoms with Gasteiger partial charge in [-0.1, -0.05) is 46.5 Å². The second kappa shape index (κ2) is 25.0. The van der Waals surface area contributed by atoms with Crippen LogP contribution in [0.1, 0.15) is 65.7 Å². The number of unbranched alkanes of at least 4 members (excludes halogenated alkanes) is 3. The number of ether oxygens (including phenoxy) is 3. The van der Waals surface area contributed by atoms with E-state index in [1.165, 1.54) is 0 Å². The van der Waals surface area contributed by atoms with Crippen LogP contribution in [0.5, 0.6) is 0 Å². The van der Waals surface area contributed by atoms with E-state index in [1.807, 2.05) is 0 Å². The summed E-state index contributed by atoms with van der Waals surface area (Å²) in [4.78, 5) is 2.21. The monoisotopic (exact) mass is 439 g/mol. The summed E-state index contributed by atoms with van der Waals surface area (Å²) in [5.74, 6) is 0. The third kappa shape index (κ3) is 22.4. The van der Waals surface area contributed by atoms with Crippen LogP contribution in [-0.4, -0.2) is 103 Å². The van der Waals surface area contributed by atoms with Gasteiger partial charge in [0.15, 0.2) is 0 Å². The van der Waals surface area contributed by atoms with Gasteiger partial charge in [0.2, 0.25) is 0 Å². The van der Waals surface area contributed by atoms with Crippen LogP contribution < -0.4 is 0 Å². The summed E-state index contributed by atoms with van der Waals surface area (Å²) in [6.45, 7) is 10.1. The molecule has 0 aliphatic carbocycles. The number of aliphatic hydroxyl groups is 2. The maximum absolute atomic E-state index is 9.81. The number of hydrogen-bond acceptors (Lipinski definition) is 9. The summed E-state index contributed by atoms with van der Waals surface area (Å²) in [5.41, 5.74) is 0. The molecular formula is C20H46BNO8. The maximum atomic E-state index is 9.81. The zero-order chi connectivity index (χ0) is 23.0. The van der Waals surface area contributed by atoms with Crippen molar-refractivity contribution in [2.75, 3.05) is 52.7 Å². The normalized spacial score (nSPS) is 13.1. The zero-order valence-corrected chi connectivity index (χ0v) is 19.2. The Morgan fingerprint density at radius 3 is 1.97 bits per heavy atom. The van der Waals surface area contributed by atoms with E-state index in [2.05, 4.69) is 25.7 Å². The second-order valence-electron chi connectivity index (χ2n) is 7.03. The first-order valence-electron chi connectivity index (χ1n) is 11.3. The van der Waals surface area contributed by atoms with Crippen molar-refractivity contribution in [3.05, 3.63) is 0 Å². The van der Waals surface area contributed by atoms with E-state index in [4.69, 9.17) is 34.4 Å². The van der Waals surface area contributed by atoms with E-state index in [0.717, 1.165) is 64.6 Å². The van der Waals surface area contributed by atoms with Gasteiger partial charge in [-0.2, -0.15) is 0 Å². The molecule has 182 valence electrons. The standard InChI is InChI=1S/C20H43NO5.BH3O3/c1-4-7-10-19(25-13-9-6-3)17-21(11-8-5-2)20(18-23)26-16-15-24-14-12-22;2-1(3)4/h19-20,22-23H,4-18H2,1-3H3;2-4H. The third-order valence-corrected chi connectivity index (χ3v) is 4.31. The predicted molar refractivity (Wildman–Crippen MR) is 118 cm³/mol. The lowest BCUT2D eigenvalue weighted by Crippen LogP contribution is -2.45. The van der Waals surface area contributed by atoms with Gasteiger partial charge in [-0.05, 0) is 19.3 Å². The fraction of sp³-hybridized carbons (Fsp3) is 1.00.